The van der Waals surface area contributed by atoms with Crippen molar-refractivity contribution in [2.45, 2.75) is 26.8 Å². The van der Waals surface area contributed by atoms with Crippen molar-refractivity contribution in [3.63, 3.8) is 0 Å². The second-order valence-corrected chi connectivity index (χ2v) is 6.68. The van der Waals surface area contributed by atoms with Crippen molar-refractivity contribution >= 4 is 17.2 Å². The van der Waals surface area contributed by atoms with E-state index in [0.717, 1.165) is 16.9 Å². The molecule has 19 heavy (non-hydrogen) atoms. The fraction of sp³-hybridized carbons (Fsp3) is 0.533. The van der Waals surface area contributed by atoms with Gasteiger partial charge in [0.05, 0.1) is 11.4 Å². The van der Waals surface area contributed by atoms with Gasteiger partial charge < -0.3 is 10.6 Å². The van der Waals surface area contributed by atoms with Crippen LogP contribution in [0.2, 0.25) is 0 Å². The van der Waals surface area contributed by atoms with Gasteiger partial charge in [0.1, 0.15) is 0 Å². The maximum atomic E-state index is 12.2. The van der Waals surface area contributed by atoms with Crippen LogP contribution < -0.4 is 5.73 Å². The molecule has 1 aliphatic rings. The van der Waals surface area contributed by atoms with Crippen molar-refractivity contribution < 1.29 is 4.79 Å². The van der Waals surface area contributed by atoms with Gasteiger partial charge in [-0.2, -0.15) is 0 Å². The van der Waals surface area contributed by atoms with E-state index in [1.807, 2.05) is 18.0 Å². The standard InChI is InChI=1S/C15H20N2OS/c1-15(2)8-13(15)14(18)17(3)9-11-7-12(19-10-11)5-4-6-16/h7,10,13H,6,8-9,16H2,1-3H3. The van der Waals surface area contributed by atoms with E-state index < -0.39 is 0 Å². The molecule has 4 heteroatoms. The Hall–Kier alpha value is -1.31. The molecule has 0 saturated heterocycles. The molecule has 0 aliphatic heterocycles. The van der Waals surface area contributed by atoms with Gasteiger partial charge >= 0.3 is 0 Å². The summed E-state index contributed by atoms with van der Waals surface area (Å²) in [4.78, 5) is 15.0. The summed E-state index contributed by atoms with van der Waals surface area (Å²) in [7, 11) is 1.87. The zero-order valence-electron chi connectivity index (χ0n) is 11.7. The molecule has 0 radical (unpaired) electrons. The molecule has 1 unspecified atom stereocenters. The predicted octanol–water partition coefficient (Wildman–Crippen LogP) is 2.06. The van der Waals surface area contributed by atoms with E-state index in [0.29, 0.717) is 13.1 Å². The lowest BCUT2D eigenvalue weighted by atomic mass is 10.1. The average molecular weight is 276 g/mol. The Balaban J connectivity index is 1.94. The highest BCUT2D eigenvalue weighted by Crippen LogP contribution is 2.52. The Morgan fingerprint density at radius 3 is 2.89 bits per heavy atom. The van der Waals surface area contributed by atoms with Crippen LogP contribution in [0.15, 0.2) is 11.4 Å². The molecule has 2 N–H and O–H groups in total. The Morgan fingerprint density at radius 2 is 2.32 bits per heavy atom. The third kappa shape index (κ3) is 3.37. The number of rotatable bonds is 3. The van der Waals surface area contributed by atoms with Crippen LogP contribution in [-0.4, -0.2) is 24.4 Å². The normalized spacial score (nSPS) is 19.5. The number of hydrogen-bond donors (Lipinski definition) is 1. The first-order valence-electron chi connectivity index (χ1n) is 6.45. The van der Waals surface area contributed by atoms with Gasteiger partial charge in [0.15, 0.2) is 0 Å². The average Bonchev–Trinajstić information content (AvgIpc) is 2.79. The molecule has 3 nitrogen and oxygen atoms in total. The minimum atomic E-state index is 0.192. The summed E-state index contributed by atoms with van der Waals surface area (Å²) in [6, 6.07) is 2.04. The van der Waals surface area contributed by atoms with E-state index in [1.54, 1.807) is 11.3 Å². The summed E-state index contributed by atoms with van der Waals surface area (Å²) in [6.07, 6.45) is 1.01. The van der Waals surface area contributed by atoms with Crippen LogP contribution in [0.3, 0.4) is 0 Å². The Morgan fingerprint density at radius 1 is 1.63 bits per heavy atom. The Labute approximate surface area is 118 Å². The Kier molecular flexibility index (Phi) is 3.98. The summed E-state index contributed by atoms with van der Waals surface area (Å²) in [5, 5.41) is 2.06. The summed E-state index contributed by atoms with van der Waals surface area (Å²) in [5.74, 6) is 6.31. The largest absolute Gasteiger partial charge is 0.341 e. The quantitative estimate of drug-likeness (QED) is 0.859. The van der Waals surface area contributed by atoms with Crippen LogP contribution in [0.25, 0.3) is 0 Å². The van der Waals surface area contributed by atoms with E-state index in [9.17, 15) is 4.79 Å². The van der Waals surface area contributed by atoms with Crippen LogP contribution in [-0.2, 0) is 11.3 Å². The first-order chi connectivity index (χ1) is 8.94. The van der Waals surface area contributed by atoms with Crippen LogP contribution in [0.5, 0.6) is 0 Å². The molecule has 1 aromatic rings. The Bertz CT molecular complexity index is 536. The van der Waals surface area contributed by atoms with Gasteiger partial charge in [-0.1, -0.05) is 25.7 Å². The molecule has 1 aromatic heterocycles. The van der Waals surface area contributed by atoms with Gasteiger partial charge in [0.2, 0.25) is 5.91 Å². The minimum absolute atomic E-state index is 0.192. The number of nitrogens with zero attached hydrogens (tertiary/aromatic N) is 1. The smallest absolute Gasteiger partial charge is 0.226 e. The van der Waals surface area contributed by atoms with E-state index in [1.165, 1.54) is 0 Å². The highest BCUT2D eigenvalue weighted by atomic mass is 32.1. The number of nitrogens with two attached hydrogens (primary N) is 1. The van der Waals surface area contributed by atoms with Gasteiger partial charge in [-0.15, -0.1) is 11.3 Å². The van der Waals surface area contributed by atoms with Gasteiger partial charge in [-0.05, 0) is 28.8 Å². The summed E-state index contributed by atoms with van der Waals surface area (Å²) in [5.41, 5.74) is 6.68. The number of hydrogen-bond acceptors (Lipinski definition) is 3. The zero-order valence-corrected chi connectivity index (χ0v) is 12.5. The molecule has 2 rings (SSSR count). The van der Waals surface area contributed by atoms with E-state index in [2.05, 4.69) is 31.1 Å². The van der Waals surface area contributed by atoms with Gasteiger partial charge in [0.25, 0.3) is 0 Å². The lowest BCUT2D eigenvalue weighted by molar-refractivity contribution is -0.132. The molecular weight excluding hydrogens is 256 g/mol. The molecule has 1 heterocycles. The molecule has 0 bridgehead atoms. The molecule has 1 atom stereocenters. The lowest BCUT2D eigenvalue weighted by Crippen LogP contribution is -2.28. The summed E-state index contributed by atoms with van der Waals surface area (Å²) >= 11 is 1.60. The maximum absolute atomic E-state index is 12.2. The fourth-order valence-electron chi connectivity index (χ4n) is 2.17. The van der Waals surface area contributed by atoms with E-state index in [4.69, 9.17) is 5.73 Å². The van der Waals surface area contributed by atoms with E-state index in [-0.39, 0.29) is 17.2 Å². The van der Waals surface area contributed by atoms with Crippen molar-refractivity contribution in [2.24, 2.45) is 17.1 Å². The number of carbonyl (C=O) groups is 1. The van der Waals surface area contributed by atoms with Crippen molar-refractivity contribution in [1.29, 1.82) is 0 Å². The molecule has 1 amide bonds. The molecular formula is C15H20N2OS. The number of carbonyl (C=O) groups excluding carboxylic acids is 1. The van der Waals surface area contributed by atoms with Crippen molar-refractivity contribution in [3.8, 4) is 11.8 Å². The van der Waals surface area contributed by atoms with Crippen LogP contribution in [0.1, 0.15) is 30.7 Å². The summed E-state index contributed by atoms with van der Waals surface area (Å²) in [6.45, 7) is 5.33. The maximum Gasteiger partial charge on any atom is 0.226 e. The monoisotopic (exact) mass is 276 g/mol. The topological polar surface area (TPSA) is 46.3 Å². The fourth-order valence-corrected chi connectivity index (χ4v) is 2.94. The number of thiophene rings is 1. The highest BCUT2D eigenvalue weighted by molar-refractivity contribution is 7.10. The van der Waals surface area contributed by atoms with Crippen molar-refractivity contribution in [3.05, 3.63) is 21.9 Å². The minimum Gasteiger partial charge on any atom is -0.341 e. The van der Waals surface area contributed by atoms with Gasteiger partial charge in [-0.3, -0.25) is 4.79 Å². The van der Waals surface area contributed by atoms with Crippen LogP contribution in [0.4, 0.5) is 0 Å². The highest BCUT2D eigenvalue weighted by Gasteiger charge is 2.51. The van der Waals surface area contributed by atoms with Gasteiger partial charge in [-0.25, -0.2) is 0 Å². The third-order valence-electron chi connectivity index (χ3n) is 3.57. The van der Waals surface area contributed by atoms with Gasteiger partial charge in [0, 0.05) is 19.5 Å². The van der Waals surface area contributed by atoms with Crippen LogP contribution >= 0.6 is 11.3 Å². The van der Waals surface area contributed by atoms with Crippen molar-refractivity contribution in [1.82, 2.24) is 4.90 Å². The first-order valence-corrected chi connectivity index (χ1v) is 7.33. The third-order valence-corrected chi connectivity index (χ3v) is 4.47. The zero-order chi connectivity index (χ0) is 14.0. The summed E-state index contributed by atoms with van der Waals surface area (Å²) < 4.78 is 0. The molecule has 1 saturated carbocycles. The predicted molar refractivity (Wildman–Crippen MR) is 78.6 cm³/mol. The SMILES string of the molecule is CN(Cc1csc(C#CCN)c1)C(=O)C1CC1(C)C. The number of amides is 1. The van der Waals surface area contributed by atoms with Crippen LogP contribution in [0, 0.1) is 23.2 Å². The molecule has 1 aliphatic carbocycles. The van der Waals surface area contributed by atoms with E-state index >= 15 is 0 Å². The molecule has 0 spiro atoms. The van der Waals surface area contributed by atoms with Crippen molar-refractivity contribution in [2.75, 3.05) is 13.6 Å². The first kappa shape index (κ1) is 14.1. The molecule has 1 fully saturated rings. The molecule has 102 valence electrons. The second kappa shape index (κ2) is 5.36. The second-order valence-electron chi connectivity index (χ2n) is 5.76. The molecule has 0 aromatic carbocycles. The lowest BCUT2D eigenvalue weighted by Gasteiger charge is -2.17.